The average molecular weight is 298 g/mol. The highest BCUT2D eigenvalue weighted by Crippen LogP contribution is 2.22. The summed E-state index contributed by atoms with van der Waals surface area (Å²) in [6, 6.07) is 4.26. The van der Waals surface area contributed by atoms with E-state index >= 15 is 0 Å². The van der Waals surface area contributed by atoms with Crippen LogP contribution in [0.25, 0.3) is 0 Å². The van der Waals surface area contributed by atoms with Crippen LogP contribution in [-0.2, 0) is 6.42 Å². The van der Waals surface area contributed by atoms with Crippen LogP contribution in [0.15, 0.2) is 22.7 Å². The zero-order valence-corrected chi connectivity index (χ0v) is 12.0. The Hall–Kier alpha value is -1.46. The van der Waals surface area contributed by atoms with E-state index in [4.69, 9.17) is 21.9 Å². The molecule has 108 valence electrons. The van der Waals surface area contributed by atoms with Crippen LogP contribution in [0, 0.1) is 5.82 Å². The third kappa shape index (κ3) is 3.55. The maximum atomic E-state index is 13.0. The molecule has 2 rings (SSSR count). The molecule has 2 N–H and O–H groups in total. The van der Waals surface area contributed by atoms with Gasteiger partial charge >= 0.3 is 0 Å². The Balaban J connectivity index is 2.12. The maximum absolute atomic E-state index is 13.0. The van der Waals surface area contributed by atoms with Gasteiger partial charge in [0.1, 0.15) is 5.82 Å². The van der Waals surface area contributed by atoms with Crippen LogP contribution in [0.1, 0.15) is 43.0 Å². The van der Waals surface area contributed by atoms with Crippen LogP contribution in [0.3, 0.4) is 0 Å². The Kier molecular flexibility index (Phi) is 5.09. The molecule has 0 aliphatic rings. The molecule has 4 nitrogen and oxygen atoms in total. The van der Waals surface area contributed by atoms with Crippen molar-refractivity contribution in [2.75, 3.05) is 6.54 Å². The number of nitrogens with zero attached hydrogens (tertiary/aromatic N) is 2. The third-order valence-corrected chi connectivity index (χ3v) is 3.47. The molecule has 1 atom stereocenters. The van der Waals surface area contributed by atoms with Gasteiger partial charge in [0, 0.05) is 18.0 Å². The van der Waals surface area contributed by atoms with E-state index < -0.39 is 0 Å². The summed E-state index contributed by atoms with van der Waals surface area (Å²) in [5.41, 5.74) is 6.47. The number of hydrogen-bond acceptors (Lipinski definition) is 4. The van der Waals surface area contributed by atoms with Gasteiger partial charge in [0.05, 0.1) is 5.92 Å². The minimum Gasteiger partial charge on any atom is -0.339 e. The van der Waals surface area contributed by atoms with Gasteiger partial charge in [-0.15, -0.1) is 0 Å². The highest BCUT2D eigenvalue weighted by molar-refractivity contribution is 6.31. The van der Waals surface area contributed by atoms with Crippen molar-refractivity contribution in [3.8, 4) is 0 Å². The Labute approximate surface area is 122 Å². The number of benzene rings is 1. The van der Waals surface area contributed by atoms with Crippen LogP contribution in [0.4, 0.5) is 4.39 Å². The molecule has 0 saturated carbocycles. The van der Waals surface area contributed by atoms with Gasteiger partial charge < -0.3 is 10.3 Å². The quantitative estimate of drug-likeness (QED) is 0.888. The van der Waals surface area contributed by atoms with Gasteiger partial charge in [-0.1, -0.05) is 36.2 Å². The lowest BCUT2D eigenvalue weighted by molar-refractivity contribution is 0.344. The average Bonchev–Trinajstić information content (AvgIpc) is 2.87. The summed E-state index contributed by atoms with van der Waals surface area (Å²) < 4.78 is 18.2. The lowest BCUT2D eigenvalue weighted by Crippen LogP contribution is -2.12. The summed E-state index contributed by atoms with van der Waals surface area (Å²) in [5.74, 6) is 0.814. The van der Waals surface area contributed by atoms with Crippen LogP contribution in [-0.4, -0.2) is 16.7 Å². The minimum atomic E-state index is -0.362. The molecular weight excluding hydrogens is 281 g/mol. The molecular formula is C14H17ClFN3O. The van der Waals surface area contributed by atoms with Crippen molar-refractivity contribution in [2.24, 2.45) is 5.73 Å². The first kappa shape index (κ1) is 14.9. The predicted molar refractivity (Wildman–Crippen MR) is 75.2 cm³/mol. The first-order valence-electron chi connectivity index (χ1n) is 6.60. The van der Waals surface area contributed by atoms with Crippen LogP contribution in [0.5, 0.6) is 0 Å². The second kappa shape index (κ2) is 6.81. The molecule has 1 aromatic heterocycles. The lowest BCUT2D eigenvalue weighted by atomic mass is 10.0. The van der Waals surface area contributed by atoms with Crippen LogP contribution in [0.2, 0.25) is 5.02 Å². The molecule has 6 heteroatoms. The fraction of sp³-hybridized carbons (Fsp3) is 0.429. The van der Waals surface area contributed by atoms with Gasteiger partial charge in [0.25, 0.3) is 0 Å². The van der Waals surface area contributed by atoms with Crippen molar-refractivity contribution in [1.29, 1.82) is 0 Å². The zero-order chi connectivity index (χ0) is 14.5. The van der Waals surface area contributed by atoms with E-state index in [1.165, 1.54) is 12.1 Å². The summed E-state index contributed by atoms with van der Waals surface area (Å²) in [4.78, 5) is 4.35. The summed E-state index contributed by atoms with van der Waals surface area (Å²) in [6.07, 6.45) is 2.32. The highest BCUT2D eigenvalue weighted by Gasteiger charge is 2.17. The molecule has 0 aliphatic carbocycles. The predicted octanol–water partition coefficient (Wildman–Crippen LogP) is 3.30. The molecule has 0 bridgehead atoms. The molecule has 0 spiro atoms. The van der Waals surface area contributed by atoms with Crippen LogP contribution >= 0.6 is 11.6 Å². The van der Waals surface area contributed by atoms with E-state index in [1.54, 1.807) is 6.07 Å². The molecule has 1 unspecified atom stereocenters. The summed E-state index contributed by atoms with van der Waals surface area (Å²) in [7, 11) is 0. The smallest absolute Gasteiger partial charge is 0.231 e. The molecule has 0 fully saturated rings. The standard InChI is InChI=1S/C14H17ClFN3O/c1-2-3-10(8-17)14-18-13(19-20-14)6-9-4-5-11(16)7-12(9)15/h4-5,7,10H,2-3,6,8,17H2,1H3. The van der Waals surface area contributed by atoms with Crippen molar-refractivity contribution in [3.63, 3.8) is 0 Å². The Bertz CT molecular complexity index is 573. The highest BCUT2D eigenvalue weighted by atomic mass is 35.5. The molecule has 2 aromatic rings. The SMILES string of the molecule is CCCC(CN)c1nc(Cc2ccc(F)cc2Cl)no1. The molecule has 1 heterocycles. The third-order valence-electron chi connectivity index (χ3n) is 3.12. The number of aromatic nitrogens is 2. The topological polar surface area (TPSA) is 64.9 Å². The van der Waals surface area contributed by atoms with Crippen molar-refractivity contribution in [1.82, 2.24) is 10.1 Å². The largest absolute Gasteiger partial charge is 0.339 e. The second-order valence-electron chi connectivity index (χ2n) is 4.68. The van der Waals surface area contributed by atoms with Gasteiger partial charge in [-0.3, -0.25) is 0 Å². The second-order valence-corrected chi connectivity index (χ2v) is 5.09. The summed E-state index contributed by atoms with van der Waals surface area (Å²) in [5, 5.41) is 4.29. The molecule has 0 saturated heterocycles. The number of nitrogens with two attached hydrogens (primary N) is 1. The molecule has 0 radical (unpaired) electrons. The summed E-state index contributed by atoms with van der Waals surface area (Å²) >= 11 is 5.98. The van der Waals surface area contributed by atoms with E-state index in [0.717, 1.165) is 18.4 Å². The fourth-order valence-electron chi connectivity index (χ4n) is 2.03. The van der Waals surface area contributed by atoms with E-state index in [2.05, 4.69) is 17.1 Å². The molecule has 0 aliphatic heterocycles. The normalized spacial score (nSPS) is 12.6. The molecule has 0 amide bonds. The first-order chi connectivity index (χ1) is 9.63. The lowest BCUT2D eigenvalue weighted by Gasteiger charge is -2.06. The number of rotatable bonds is 6. The van der Waals surface area contributed by atoms with Crippen molar-refractivity contribution in [2.45, 2.75) is 32.1 Å². The Morgan fingerprint density at radius 2 is 2.25 bits per heavy atom. The van der Waals surface area contributed by atoms with Gasteiger partial charge in [-0.25, -0.2) is 4.39 Å². The van der Waals surface area contributed by atoms with E-state index in [-0.39, 0.29) is 11.7 Å². The van der Waals surface area contributed by atoms with Gasteiger partial charge in [0.15, 0.2) is 5.82 Å². The van der Waals surface area contributed by atoms with E-state index in [1.807, 2.05) is 0 Å². The fourth-order valence-corrected chi connectivity index (χ4v) is 2.27. The monoisotopic (exact) mass is 297 g/mol. The Morgan fingerprint density at radius 1 is 1.45 bits per heavy atom. The minimum absolute atomic E-state index is 0.0879. The zero-order valence-electron chi connectivity index (χ0n) is 11.3. The number of hydrogen-bond donors (Lipinski definition) is 1. The van der Waals surface area contributed by atoms with E-state index in [0.29, 0.717) is 29.7 Å². The molecule has 1 aromatic carbocycles. The van der Waals surface area contributed by atoms with Gasteiger partial charge in [0.2, 0.25) is 5.89 Å². The van der Waals surface area contributed by atoms with Crippen LogP contribution < -0.4 is 5.73 Å². The van der Waals surface area contributed by atoms with Crippen molar-refractivity contribution in [3.05, 3.63) is 46.3 Å². The van der Waals surface area contributed by atoms with Gasteiger partial charge in [-0.2, -0.15) is 4.98 Å². The number of halogens is 2. The summed E-state index contributed by atoms with van der Waals surface area (Å²) in [6.45, 7) is 2.56. The van der Waals surface area contributed by atoms with Crippen molar-refractivity contribution >= 4 is 11.6 Å². The Morgan fingerprint density at radius 3 is 2.90 bits per heavy atom. The van der Waals surface area contributed by atoms with Crippen molar-refractivity contribution < 1.29 is 8.91 Å². The first-order valence-corrected chi connectivity index (χ1v) is 6.98. The maximum Gasteiger partial charge on any atom is 0.231 e. The molecule has 20 heavy (non-hydrogen) atoms. The van der Waals surface area contributed by atoms with E-state index in [9.17, 15) is 4.39 Å². The van der Waals surface area contributed by atoms with Gasteiger partial charge in [-0.05, 0) is 24.1 Å².